The normalized spacial score (nSPS) is 12.7. The molecule has 3 nitrogen and oxygen atoms in total. The van der Waals surface area contributed by atoms with E-state index in [1.807, 2.05) is 36.4 Å². The molecule has 2 aromatic rings. The quantitative estimate of drug-likeness (QED) is 0.621. The van der Waals surface area contributed by atoms with Gasteiger partial charge in [-0.05, 0) is 28.7 Å². The van der Waals surface area contributed by atoms with Crippen molar-refractivity contribution in [1.82, 2.24) is 5.32 Å². The predicted molar refractivity (Wildman–Crippen MR) is 97.0 cm³/mol. The summed E-state index contributed by atoms with van der Waals surface area (Å²) < 4.78 is 5.45. The summed E-state index contributed by atoms with van der Waals surface area (Å²) in [5.74, 6) is 0.101. The molecule has 0 aliphatic heterocycles. The highest BCUT2D eigenvalue weighted by Gasteiger charge is 2.28. The Morgan fingerprint density at radius 3 is 2.33 bits per heavy atom. The van der Waals surface area contributed by atoms with Crippen molar-refractivity contribution in [3.63, 3.8) is 0 Å². The van der Waals surface area contributed by atoms with Gasteiger partial charge in [0, 0.05) is 12.5 Å². The average Bonchev–Trinajstić information content (AvgIpc) is 2.94. The number of allylic oxidation sites excluding steroid dienone is 2. The van der Waals surface area contributed by atoms with Crippen LogP contribution in [0.2, 0.25) is 0 Å². The SMILES string of the molecule is C=C/C=C/CCNC(=O)OCC1c2ccccc2-c2ccccc21. The van der Waals surface area contributed by atoms with Gasteiger partial charge in [-0.15, -0.1) is 0 Å². The molecule has 0 unspecified atom stereocenters. The fourth-order valence-electron chi connectivity index (χ4n) is 3.10. The number of ether oxygens (including phenoxy) is 1. The zero-order valence-electron chi connectivity index (χ0n) is 13.6. The Bertz CT molecular complexity index is 718. The maximum Gasteiger partial charge on any atom is 0.407 e. The number of amides is 1. The average molecular weight is 319 g/mol. The third-order valence-electron chi connectivity index (χ3n) is 4.20. The highest BCUT2D eigenvalue weighted by Crippen LogP contribution is 2.44. The molecule has 0 atom stereocenters. The summed E-state index contributed by atoms with van der Waals surface area (Å²) in [7, 11) is 0. The van der Waals surface area contributed by atoms with Crippen LogP contribution in [0.4, 0.5) is 4.79 Å². The third kappa shape index (κ3) is 3.40. The number of carbonyl (C=O) groups is 1. The Kier molecular flexibility index (Phi) is 5.12. The van der Waals surface area contributed by atoms with E-state index in [4.69, 9.17) is 4.74 Å². The standard InChI is InChI=1S/C21H21NO2/c1-2-3-4-9-14-22-21(23)24-15-20-18-12-7-5-10-16(18)17-11-6-8-13-19(17)20/h2-8,10-13,20H,1,9,14-15H2,(H,22,23)/b4-3+. The van der Waals surface area contributed by atoms with Gasteiger partial charge in [-0.1, -0.05) is 73.3 Å². The fraction of sp³-hybridized carbons (Fsp3) is 0.190. The van der Waals surface area contributed by atoms with Crippen LogP contribution in [-0.4, -0.2) is 19.2 Å². The van der Waals surface area contributed by atoms with Crippen LogP contribution in [0.25, 0.3) is 11.1 Å². The van der Waals surface area contributed by atoms with Crippen LogP contribution in [0.5, 0.6) is 0 Å². The molecule has 24 heavy (non-hydrogen) atoms. The monoisotopic (exact) mass is 319 g/mol. The lowest BCUT2D eigenvalue weighted by atomic mass is 9.98. The van der Waals surface area contributed by atoms with Gasteiger partial charge in [-0.2, -0.15) is 0 Å². The molecule has 0 heterocycles. The van der Waals surface area contributed by atoms with Crippen molar-refractivity contribution in [2.45, 2.75) is 12.3 Å². The summed E-state index contributed by atoms with van der Waals surface area (Å²) in [5.41, 5.74) is 4.91. The molecular weight excluding hydrogens is 298 g/mol. The first-order valence-corrected chi connectivity index (χ1v) is 8.17. The predicted octanol–water partition coefficient (Wildman–Crippen LogP) is 4.66. The number of hydrogen-bond acceptors (Lipinski definition) is 2. The third-order valence-corrected chi connectivity index (χ3v) is 4.20. The number of benzene rings is 2. The lowest BCUT2D eigenvalue weighted by molar-refractivity contribution is 0.143. The first-order chi connectivity index (χ1) is 11.8. The maximum absolute atomic E-state index is 11.9. The zero-order chi connectivity index (χ0) is 16.8. The van der Waals surface area contributed by atoms with Crippen LogP contribution in [-0.2, 0) is 4.74 Å². The molecule has 0 saturated heterocycles. The maximum atomic E-state index is 11.9. The lowest BCUT2D eigenvalue weighted by Gasteiger charge is -2.14. The molecule has 0 fully saturated rings. The van der Waals surface area contributed by atoms with Crippen LogP contribution in [0.1, 0.15) is 23.5 Å². The zero-order valence-corrected chi connectivity index (χ0v) is 13.6. The summed E-state index contributed by atoms with van der Waals surface area (Å²) in [6.45, 7) is 4.51. The van der Waals surface area contributed by atoms with Crippen molar-refractivity contribution in [3.8, 4) is 11.1 Å². The fourth-order valence-corrected chi connectivity index (χ4v) is 3.10. The summed E-state index contributed by atoms with van der Waals surface area (Å²) in [6.07, 6.45) is 5.92. The largest absolute Gasteiger partial charge is 0.449 e. The van der Waals surface area contributed by atoms with Crippen LogP contribution in [0, 0.1) is 0 Å². The minimum absolute atomic E-state index is 0.101. The second-order valence-electron chi connectivity index (χ2n) is 5.70. The van der Waals surface area contributed by atoms with E-state index in [1.54, 1.807) is 6.08 Å². The minimum atomic E-state index is -0.371. The Labute approximate surface area is 142 Å². The Balaban J connectivity index is 1.62. The molecule has 0 bridgehead atoms. The lowest BCUT2D eigenvalue weighted by Crippen LogP contribution is -2.26. The number of nitrogens with one attached hydrogen (secondary N) is 1. The number of alkyl carbamates (subject to hydrolysis) is 1. The van der Waals surface area contributed by atoms with Gasteiger partial charge in [-0.3, -0.25) is 0 Å². The topological polar surface area (TPSA) is 38.3 Å². The molecule has 0 spiro atoms. The van der Waals surface area contributed by atoms with E-state index in [1.165, 1.54) is 22.3 Å². The number of carbonyl (C=O) groups excluding carboxylic acids is 1. The van der Waals surface area contributed by atoms with Gasteiger partial charge in [0.1, 0.15) is 6.61 Å². The molecule has 122 valence electrons. The molecule has 2 aromatic carbocycles. The highest BCUT2D eigenvalue weighted by atomic mass is 16.5. The molecule has 3 heteroatoms. The molecule has 1 aliphatic carbocycles. The highest BCUT2D eigenvalue weighted by molar-refractivity contribution is 5.79. The molecule has 0 radical (unpaired) electrons. The van der Waals surface area contributed by atoms with Gasteiger partial charge in [0.05, 0.1) is 0 Å². The second-order valence-corrected chi connectivity index (χ2v) is 5.70. The van der Waals surface area contributed by atoms with Crippen molar-refractivity contribution in [2.75, 3.05) is 13.2 Å². The van der Waals surface area contributed by atoms with Crippen molar-refractivity contribution in [1.29, 1.82) is 0 Å². The van der Waals surface area contributed by atoms with E-state index in [9.17, 15) is 4.79 Å². The smallest absolute Gasteiger partial charge is 0.407 e. The molecule has 3 rings (SSSR count). The van der Waals surface area contributed by atoms with E-state index in [-0.39, 0.29) is 12.0 Å². The number of fused-ring (bicyclic) bond motifs is 3. The summed E-state index contributed by atoms with van der Waals surface area (Å²) in [6, 6.07) is 16.6. The summed E-state index contributed by atoms with van der Waals surface area (Å²) in [5, 5.41) is 2.77. The van der Waals surface area contributed by atoms with Gasteiger partial charge in [-0.25, -0.2) is 4.79 Å². The molecule has 1 aliphatic rings. The molecule has 0 aromatic heterocycles. The van der Waals surface area contributed by atoms with Crippen molar-refractivity contribution in [2.24, 2.45) is 0 Å². The summed E-state index contributed by atoms with van der Waals surface area (Å²) in [4.78, 5) is 11.9. The number of hydrogen-bond donors (Lipinski definition) is 1. The van der Waals surface area contributed by atoms with Crippen LogP contribution >= 0.6 is 0 Å². The minimum Gasteiger partial charge on any atom is -0.449 e. The number of rotatable bonds is 6. The van der Waals surface area contributed by atoms with Gasteiger partial charge in [0.25, 0.3) is 0 Å². The van der Waals surface area contributed by atoms with Gasteiger partial charge < -0.3 is 10.1 Å². The molecule has 1 amide bonds. The summed E-state index contributed by atoms with van der Waals surface area (Å²) >= 11 is 0. The van der Waals surface area contributed by atoms with E-state index in [0.29, 0.717) is 13.2 Å². The van der Waals surface area contributed by atoms with Gasteiger partial charge in [0.15, 0.2) is 0 Å². The van der Waals surface area contributed by atoms with E-state index < -0.39 is 0 Å². The molecule has 0 saturated carbocycles. The Hall–Kier alpha value is -2.81. The van der Waals surface area contributed by atoms with Crippen molar-refractivity contribution in [3.05, 3.63) is 84.5 Å². The molecule has 1 N–H and O–H groups in total. The van der Waals surface area contributed by atoms with E-state index >= 15 is 0 Å². The van der Waals surface area contributed by atoms with E-state index in [0.717, 1.165) is 6.42 Å². The first-order valence-electron chi connectivity index (χ1n) is 8.17. The second kappa shape index (κ2) is 7.64. The molecular formula is C21H21NO2. The van der Waals surface area contributed by atoms with Crippen LogP contribution in [0.15, 0.2) is 73.3 Å². The van der Waals surface area contributed by atoms with Crippen LogP contribution < -0.4 is 5.32 Å². The Morgan fingerprint density at radius 2 is 1.71 bits per heavy atom. The van der Waals surface area contributed by atoms with Crippen molar-refractivity contribution < 1.29 is 9.53 Å². The van der Waals surface area contributed by atoms with Crippen molar-refractivity contribution >= 4 is 6.09 Å². The van der Waals surface area contributed by atoms with Crippen LogP contribution in [0.3, 0.4) is 0 Å². The Morgan fingerprint density at radius 1 is 1.08 bits per heavy atom. The van der Waals surface area contributed by atoms with Gasteiger partial charge in [0.2, 0.25) is 0 Å². The first kappa shape index (κ1) is 16.1. The van der Waals surface area contributed by atoms with Gasteiger partial charge >= 0.3 is 6.09 Å². The van der Waals surface area contributed by atoms with E-state index in [2.05, 4.69) is 36.2 Å².